The number of carbonyl (C=O) groups is 1. The smallest absolute Gasteiger partial charge is 0.244 e. The van der Waals surface area contributed by atoms with Gasteiger partial charge in [-0.3, -0.25) is 4.79 Å². The molecule has 1 N–H and O–H groups in total. The molecule has 0 bridgehead atoms. The van der Waals surface area contributed by atoms with Crippen LogP contribution in [-0.2, 0) is 4.79 Å². The lowest BCUT2D eigenvalue weighted by Gasteiger charge is -2.25. The highest BCUT2D eigenvalue weighted by Crippen LogP contribution is 2.31. The Bertz CT molecular complexity index is 514. The third-order valence-corrected chi connectivity index (χ3v) is 3.69. The number of aryl methyl sites for hydroxylation is 1. The first-order valence-electron chi connectivity index (χ1n) is 6.98. The zero-order chi connectivity index (χ0) is 15.2. The summed E-state index contributed by atoms with van der Waals surface area (Å²) >= 11 is 5.95. The topological polar surface area (TPSA) is 52.9 Å². The summed E-state index contributed by atoms with van der Waals surface area (Å²) in [4.78, 5) is 12.5. The molecule has 0 saturated heterocycles. The van der Waals surface area contributed by atoms with Crippen molar-refractivity contribution in [1.29, 1.82) is 5.26 Å². The maximum atomic E-state index is 12.5. The molecule has 0 aliphatic rings. The van der Waals surface area contributed by atoms with Crippen LogP contribution in [0.4, 0.5) is 5.69 Å². The van der Waals surface area contributed by atoms with Crippen molar-refractivity contribution in [2.45, 2.75) is 46.5 Å². The average molecular weight is 293 g/mol. The molecule has 20 heavy (non-hydrogen) atoms. The number of amides is 1. The minimum Gasteiger partial charge on any atom is -0.324 e. The lowest BCUT2D eigenvalue weighted by molar-refractivity contribution is -0.123. The molecule has 0 aromatic heterocycles. The second-order valence-corrected chi connectivity index (χ2v) is 5.54. The number of hydrogen-bond donors (Lipinski definition) is 1. The molecular weight excluding hydrogens is 272 g/mol. The van der Waals surface area contributed by atoms with Gasteiger partial charge in [-0.05, 0) is 37.5 Å². The van der Waals surface area contributed by atoms with Gasteiger partial charge < -0.3 is 5.32 Å². The van der Waals surface area contributed by atoms with Crippen molar-refractivity contribution in [3.63, 3.8) is 0 Å². The summed E-state index contributed by atoms with van der Waals surface area (Å²) in [7, 11) is 0. The van der Waals surface area contributed by atoms with Gasteiger partial charge in [-0.15, -0.1) is 0 Å². The van der Waals surface area contributed by atoms with Gasteiger partial charge in [0, 0.05) is 10.7 Å². The Morgan fingerprint density at radius 1 is 1.35 bits per heavy atom. The zero-order valence-corrected chi connectivity index (χ0v) is 13.0. The SMILES string of the molecule is CCCC(C#N)(CCC)C(=O)Nc1cc(Cl)ccc1C. The summed E-state index contributed by atoms with van der Waals surface area (Å²) in [5.41, 5.74) is 0.662. The number of benzene rings is 1. The number of rotatable bonds is 6. The second kappa shape index (κ2) is 7.31. The van der Waals surface area contributed by atoms with Crippen LogP contribution in [0.25, 0.3) is 0 Å². The van der Waals surface area contributed by atoms with Crippen LogP contribution < -0.4 is 5.32 Å². The number of anilines is 1. The Labute approximate surface area is 125 Å². The van der Waals surface area contributed by atoms with Gasteiger partial charge >= 0.3 is 0 Å². The molecular formula is C16H21ClN2O. The van der Waals surface area contributed by atoms with Gasteiger partial charge in [0.25, 0.3) is 0 Å². The predicted molar refractivity (Wildman–Crippen MR) is 82.7 cm³/mol. The molecule has 0 unspecified atom stereocenters. The van der Waals surface area contributed by atoms with E-state index in [1.54, 1.807) is 12.1 Å². The average Bonchev–Trinajstić information content (AvgIpc) is 2.42. The maximum absolute atomic E-state index is 12.5. The van der Waals surface area contributed by atoms with E-state index in [1.807, 2.05) is 26.8 Å². The number of nitrogens with one attached hydrogen (secondary N) is 1. The fourth-order valence-corrected chi connectivity index (χ4v) is 2.51. The van der Waals surface area contributed by atoms with Crippen LogP contribution in [0.1, 0.15) is 45.1 Å². The lowest BCUT2D eigenvalue weighted by Crippen LogP contribution is -2.35. The monoisotopic (exact) mass is 292 g/mol. The van der Waals surface area contributed by atoms with Crippen LogP contribution in [0.2, 0.25) is 5.02 Å². The normalized spacial score (nSPS) is 10.9. The van der Waals surface area contributed by atoms with E-state index in [1.165, 1.54) is 0 Å². The second-order valence-electron chi connectivity index (χ2n) is 5.11. The molecule has 0 heterocycles. The number of nitrogens with zero attached hydrogens (tertiary/aromatic N) is 1. The largest absolute Gasteiger partial charge is 0.324 e. The number of carbonyl (C=O) groups excluding carboxylic acids is 1. The first-order chi connectivity index (χ1) is 9.49. The fourth-order valence-electron chi connectivity index (χ4n) is 2.34. The third-order valence-electron chi connectivity index (χ3n) is 3.45. The summed E-state index contributed by atoms with van der Waals surface area (Å²) in [5.74, 6) is -0.228. The van der Waals surface area contributed by atoms with Gasteiger partial charge in [-0.25, -0.2) is 0 Å². The van der Waals surface area contributed by atoms with Gasteiger partial charge in [-0.1, -0.05) is 44.4 Å². The van der Waals surface area contributed by atoms with Gasteiger partial charge in [0.1, 0.15) is 5.41 Å². The van der Waals surface area contributed by atoms with E-state index in [0.717, 1.165) is 18.4 Å². The third kappa shape index (κ3) is 3.74. The number of hydrogen-bond acceptors (Lipinski definition) is 2. The molecule has 0 spiro atoms. The molecule has 0 aliphatic heterocycles. The Morgan fingerprint density at radius 2 is 1.95 bits per heavy atom. The molecule has 1 rings (SSSR count). The van der Waals surface area contributed by atoms with Crippen molar-refractivity contribution in [1.82, 2.24) is 0 Å². The van der Waals surface area contributed by atoms with E-state index in [2.05, 4.69) is 11.4 Å². The van der Waals surface area contributed by atoms with Crippen molar-refractivity contribution < 1.29 is 4.79 Å². The van der Waals surface area contributed by atoms with Crippen LogP contribution >= 0.6 is 11.6 Å². The van der Waals surface area contributed by atoms with Crippen LogP contribution in [-0.4, -0.2) is 5.91 Å². The Kier molecular flexibility index (Phi) is 6.04. The maximum Gasteiger partial charge on any atom is 0.244 e. The summed E-state index contributed by atoms with van der Waals surface area (Å²) in [5, 5.41) is 12.9. The number of nitriles is 1. The molecule has 1 aromatic carbocycles. The molecule has 0 fully saturated rings. The van der Waals surface area contributed by atoms with Crippen molar-refractivity contribution in [3.05, 3.63) is 28.8 Å². The Balaban J connectivity index is 3.02. The van der Waals surface area contributed by atoms with Crippen molar-refractivity contribution >= 4 is 23.2 Å². The van der Waals surface area contributed by atoms with E-state index in [0.29, 0.717) is 23.6 Å². The molecule has 0 saturated carbocycles. The Hall–Kier alpha value is -1.53. The van der Waals surface area contributed by atoms with E-state index < -0.39 is 5.41 Å². The minimum absolute atomic E-state index is 0.228. The summed E-state index contributed by atoms with van der Waals surface area (Å²) in [6, 6.07) is 7.58. The predicted octanol–water partition coefficient (Wildman–Crippen LogP) is 4.70. The van der Waals surface area contributed by atoms with Gasteiger partial charge in [0.05, 0.1) is 6.07 Å². The van der Waals surface area contributed by atoms with Crippen molar-refractivity contribution in [3.8, 4) is 6.07 Å². The standard InChI is InChI=1S/C16H21ClN2O/c1-4-8-16(11-18,9-5-2)15(20)19-14-10-13(17)7-6-12(14)3/h6-7,10H,4-5,8-9H2,1-3H3,(H,19,20). The molecule has 0 radical (unpaired) electrons. The first kappa shape index (κ1) is 16.5. The highest BCUT2D eigenvalue weighted by atomic mass is 35.5. The summed E-state index contributed by atoms with van der Waals surface area (Å²) in [6.45, 7) is 5.87. The van der Waals surface area contributed by atoms with Gasteiger partial charge in [0.15, 0.2) is 0 Å². The molecule has 0 aliphatic carbocycles. The number of halogens is 1. The van der Waals surface area contributed by atoms with Gasteiger partial charge in [-0.2, -0.15) is 5.26 Å². The van der Waals surface area contributed by atoms with Gasteiger partial charge in [0.2, 0.25) is 5.91 Å². The van der Waals surface area contributed by atoms with Crippen LogP contribution in [0, 0.1) is 23.7 Å². The highest BCUT2D eigenvalue weighted by Gasteiger charge is 2.37. The summed E-state index contributed by atoms with van der Waals surface area (Å²) in [6.07, 6.45) is 2.75. The minimum atomic E-state index is -0.946. The van der Waals surface area contributed by atoms with Crippen molar-refractivity contribution in [2.75, 3.05) is 5.32 Å². The molecule has 0 atom stereocenters. The molecule has 4 heteroatoms. The molecule has 1 aromatic rings. The van der Waals surface area contributed by atoms with E-state index in [4.69, 9.17) is 11.6 Å². The summed E-state index contributed by atoms with van der Waals surface area (Å²) < 4.78 is 0. The van der Waals surface area contributed by atoms with Crippen molar-refractivity contribution in [2.24, 2.45) is 5.41 Å². The van der Waals surface area contributed by atoms with Crippen LogP contribution in [0.3, 0.4) is 0 Å². The molecule has 1 amide bonds. The fraction of sp³-hybridized carbons (Fsp3) is 0.500. The van der Waals surface area contributed by atoms with Crippen LogP contribution in [0.15, 0.2) is 18.2 Å². The van der Waals surface area contributed by atoms with E-state index in [-0.39, 0.29) is 5.91 Å². The van der Waals surface area contributed by atoms with E-state index in [9.17, 15) is 10.1 Å². The highest BCUT2D eigenvalue weighted by molar-refractivity contribution is 6.31. The molecule has 108 valence electrons. The molecule has 3 nitrogen and oxygen atoms in total. The lowest BCUT2D eigenvalue weighted by atomic mass is 9.79. The van der Waals surface area contributed by atoms with E-state index >= 15 is 0 Å². The quantitative estimate of drug-likeness (QED) is 0.826. The Morgan fingerprint density at radius 3 is 2.45 bits per heavy atom. The van der Waals surface area contributed by atoms with Crippen LogP contribution in [0.5, 0.6) is 0 Å². The first-order valence-corrected chi connectivity index (χ1v) is 7.35. The zero-order valence-electron chi connectivity index (χ0n) is 12.3.